The monoisotopic (exact) mass is 335 g/mol. The van der Waals surface area contributed by atoms with Gasteiger partial charge in [-0.3, -0.25) is 0 Å². The molecule has 1 aliphatic carbocycles. The lowest BCUT2D eigenvalue weighted by atomic mass is 10.1. The maximum absolute atomic E-state index is 5.54. The number of nitrogens with one attached hydrogen (secondary N) is 1. The molecule has 0 unspecified atom stereocenters. The van der Waals surface area contributed by atoms with Crippen molar-refractivity contribution in [2.24, 2.45) is 0 Å². The van der Waals surface area contributed by atoms with Crippen molar-refractivity contribution in [3.63, 3.8) is 0 Å². The van der Waals surface area contributed by atoms with Crippen molar-refractivity contribution in [2.75, 3.05) is 13.2 Å². The van der Waals surface area contributed by atoms with Crippen LogP contribution in [0.25, 0.3) is 0 Å². The normalized spacial score (nSPS) is 20.2. The predicted octanol–water partition coefficient (Wildman–Crippen LogP) is 2.44. The Morgan fingerprint density at radius 1 is 1.20 bits per heavy atom. The number of rotatable bonds is 4. The van der Waals surface area contributed by atoms with Gasteiger partial charge in [0, 0.05) is 30.8 Å². The van der Waals surface area contributed by atoms with Gasteiger partial charge in [0.15, 0.2) is 5.82 Å². The van der Waals surface area contributed by atoms with Crippen LogP contribution in [-0.4, -0.2) is 37.9 Å². The minimum Gasteiger partial charge on any atom is -0.381 e. The molecule has 1 fully saturated rings. The summed E-state index contributed by atoms with van der Waals surface area (Å²) in [5.74, 6) is 2.28. The van der Waals surface area contributed by atoms with Crippen molar-refractivity contribution in [3.8, 4) is 0 Å². The van der Waals surface area contributed by atoms with Crippen LogP contribution in [0.2, 0.25) is 0 Å². The number of hydrogen-bond donors (Lipinski definition) is 1. The van der Waals surface area contributed by atoms with Gasteiger partial charge in [-0.1, -0.05) is 24.3 Å². The molecule has 0 amide bonds. The summed E-state index contributed by atoms with van der Waals surface area (Å²) in [6.07, 6.45) is 7.37. The fourth-order valence-corrected chi connectivity index (χ4v) is 3.96. The Morgan fingerprint density at radius 2 is 2.04 bits per heavy atom. The second kappa shape index (κ2) is 6.11. The zero-order chi connectivity index (χ0) is 16.6. The number of nitrogens with zero attached hydrogens (tertiary/aromatic N) is 4. The number of fused-ring (bicyclic) bond motifs is 1. The quantitative estimate of drug-likeness (QED) is 0.795. The smallest absolute Gasteiger partial charge is 0.156 e. The minimum absolute atomic E-state index is 0.325. The highest BCUT2D eigenvalue weighted by molar-refractivity contribution is 5.33. The molecule has 3 aromatic rings. The van der Waals surface area contributed by atoms with Crippen molar-refractivity contribution in [1.82, 2.24) is 24.7 Å². The highest BCUT2D eigenvalue weighted by Gasteiger charge is 2.29. The molecule has 0 saturated carbocycles. The first-order valence-corrected chi connectivity index (χ1v) is 8.94. The number of H-pyrrole nitrogens is 1. The lowest BCUT2D eigenvalue weighted by Crippen LogP contribution is -2.15. The van der Waals surface area contributed by atoms with E-state index in [1.54, 1.807) is 6.33 Å². The molecule has 6 nitrogen and oxygen atoms in total. The molecule has 25 heavy (non-hydrogen) atoms. The zero-order valence-electron chi connectivity index (χ0n) is 14.1. The van der Waals surface area contributed by atoms with Crippen LogP contribution in [0.3, 0.4) is 0 Å². The highest BCUT2D eigenvalue weighted by atomic mass is 16.5. The van der Waals surface area contributed by atoms with E-state index in [0.29, 0.717) is 12.0 Å². The third kappa shape index (κ3) is 2.76. The Morgan fingerprint density at radius 3 is 2.72 bits per heavy atom. The molecular formula is C19H21N5O. The van der Waals surface area contributed by atoms with Crippen LogP contribution in [0.15, 0.2) is 36.8 Å². The Bertz CT molecular complexity index is 839. The zero-order valence-corrected chi connectivity index (χ0v) is 14.1. The number of aromatic nitrogens is 5. The number of ether oxygens (including phenoxy) is 1. The first kappa shape index (κ1) is 14.8. The molecule has 5 rings (SSSR count). The largest absolute Gasteiger partial charge is 0.381 e. The number of imidazole rings is 1. The SMILES string of the molecule is c1ccc2c(c1)CC(n1nc([C@H]3CCOC3)nc1Cc1cnc[nH]1)C2. The molecule has 1 N–H and O–H groups in total. The molecule has 0 bridgehead atoms. The van der Waals surface area contributed by atoms with E-state index in [4.69, 9.17) is 14.8 Å². The van der Waals surface area contributed by atoms with E-state index < -0.39 is 0 Å². The van der Waals surface area contributed by atoms with E-state index in [-0.39, 0.29) is 0 Å². The van der Waals surface area contributed by atoms with Crippen molar-refractivity contribution in [3.05, 3.63) is 65.3 Å². The van der Waals surface area contributed by atoms with Crippen molar-refractivity contribution >= 4 is 0 Å². The first-order valence-electron chi connectivity index (χ1n) is 8.94. The highest BCUT2D eigenvalue weighted by Crippen LogP contribution is 2.32. The molecule has 1 aromatic carbocycles. The summed E-state index contributed by atoms with van der Waals surface area (Å²) in [6.45, 7) is 1.54. The summed E-state index contributed by atoms with van der Waals surface area (Å²) in [7, 11) is 0. The van der Waals surface area contributed by atoms with Gasteiger partial charge in [0.2, 0.25) is 0 Å². The van der Waals surface area contributed by atoms with Crippen LogP contribution in [-0.2, 0) is 24.0 Å². The maximum Gasteiger partial charge on any atom is 0.156 e. The Kier molecular flexibility index (Phi) is 3.63. The van der Waals surface area contributed by atoms with E-state index in [1.165, 1.54) is 11.1 Å². The number of aromatic amines is 1. The van der Waals surface area contributed by atoms with Gasteiger partial charge in [-0.25, -0.2) is 14.6 Å². The molecule has 2 aromatic heterocycles. The van der Waals surface area contributed by atoms with E-state index >= 15 is 0 Å². The van der Waals surface area contributed by atoms with E-state index in [0.717, 1.165) is 56.2 Å². The lowest BCUT2D eigenvalue weighted by molar-refractivity contribution is 0.193. The molecule has 2 aliphatic rings. The molecule has 1 atom stereocenters. The number of benzene rings is 1. The third-order valence-corrected chi connectivity index (χ3v) is 5.29. The van der Waals surface area contributed by atoms with Gasteiger partial charge >= 0.3 is 0 Å². The second-order valence-electron chi connectivity index (χ2n) is 6.98. The lowest BCUT2D eigenvalue weighted by Gasteiger charge is -2.12. The average molecular weight is 335 g/mol. The van der Waals surface area contributed by atoms with E-state index in [2.05, 4.69) is 38.9 Å². The summed E-state index contributed by atoms with van der Waals surface area (Å²) >= 11 is 0. The summed E-state index contributed by atoms with van der Waals surface area (Å²) in [4.78, 5) is 12.2. The molecule has 0 radical (unpaired) electrons. The van der Waals surface area contributed by atoms with Crippen molar-refractivity contribution in [1.29, 1.82) is 0 Å². The van der Waals surface area contributed by atoms with Gasteiger partial charge in [0.25, 0.3) is 0 Å². The van der Waals surface area contributed by atoms with Crippen LogP contribution < -0.4 is 0 Å². The fraction of sp³-hybridized carbons (Fsp3) is 0.421. The van der Waals surface area contributed by atoms with Gasteiger partial charge in [0.1, 0.15) is 5.82 Å². The minimum atomic E-state index is 0.325. The van der Waals surface area contributed by atoms with E-state index in [9.17, 15) is 0 Å². The van der Waals surface area contributed by atoms with Crippen LogP contribution in [0.1, 0.15) is 46.9 Å². The van der Waals surface area contributed by atoms with Crippen LogP contribution in [0.5, 0.6) is 0 Å². The molecule has 3 heterocycles. The topological polar surface area (TPSA) is 68.6 Å². The van der Waals surface area contributed by atoms with Crippen molar-refractivity contribution < 1.29 is 4.74 Å². The second-order valence-corrected chi connectivity index (χ2v) is 6.98. The number of hydrogen-bond acceptors (Lipinski definition) is 4. The molecule has 1 aliphatic heterocycles. The van der Waals surface area contributed by atoms with Crippen LogP contribution >= 0.6 is 0 Å². The van der Waals surface area contributed by atoms with Gasteiger partial charge < -0.3 is 9.72 Å². The van der Waals surface area contributed by atoms with Gasteiger partial charge in [-0.05, 0) is 30.4 Å². The van der Waals surface area contributed by atoms with Gasteiger partial charge in [-0.2, -0.15) is 5.10 Å². The van der Waals surface area contributed by atoms with Crippen LogP contribution in [0, 0.1) is 0 Å². The van der Waals surface area contributed by atoms with Crippen LogP contribution in [0.4, 0.5) is 0 Å². The Balaban J connectivity index is 1.48. The average Bonchev–Trinajstić information content (AvgIpc) is 3.41. The molecule has 1 saturated heterocycles. The molecule has 128 valence electrons. The third-order valence-electron chi connectivity index (χ3n) is 5.29. The summed E-state index contributed by atoms with van der Waals surface area (Å²) in [6, 6.07) is 9.04. The standard InChI is InChI=1S/C19H21N5O/c1-2-4-14-8-17(7-13(14)3-1)24-18(9-16-10-20-12-21-16)22-19(23-24)15-5-6-25-11-15/h1-4,10,12,15,17H,5-9,11H2,(H,20,21)/t15-/m0/s1. The Labute approximate surface area is 146 Å². The first-order chi connectivity index (χ1) is 12.4. The summed E-state index contributed by atoms with van der Waals surface area (Å²) < 4.78 is 7.70. The van der Waals surface area contributed by atoms with Crippen molar-refractivity contribution in [2.45, 2.75) is 37.6 Å². The molecular weight excluding hydrogens is 314 g/mol. The Hall–Kier alpha value is -2.47. The van der Waals surface area contributed by atoms with E-state index in [1.807, 2.05) is 6.20 Å². The maximum atomic E-state index is 5.54. The van der Waals surface area contributed by atoms with Gasteiger partial charge in [0.05, 0.1) is 19.0 Å². The summed E-state index contributed by atoms with van der Waals surface area (Å²) in [5, 5.41) is 4.93. The predicted molar refractivity (Wildman–Crippen MR) is 92.5 cm³/mol. The fourth-order valence-electron chi connectivity index (χ4n) is 3.96. The van der Waals surface area contributed by atoms with Gasteiger partial charge in [-0.15, -0.1) is 0 Å². The molecule has 0 spiro atoms. The summed E-state index contributed by atoms with van der Waals surface area (Å²) in [5.41, 5.74) is 3.93. The molecule has 6 heteroatoms.